The Morgan fingerprint density at radius 2 is 1.88 bits per heavy atom. The molecule has 2 aliphatic carbocycles. The number of piperidine rings is 1. The first-order chi connectivity index (χ1) is 8.23. The smallest absolute Gasteiger partial charge is 0.226 e. The minimum atomic E-state index is 0.357. The fraction of sp³-hybridized carbons (Fsp3) is 0.929. The van der Waals surface area contributed by atoms with Crippen LogP contribution in [0.25, 0.3) is 0 Å². The van der Waals surface area contributed by atoms with Gasteiger partial charge >= 0.3 is 0 Å². The first-order valence-electron chi connectivity index (χ1n) is 7.20. The Hall–Kier alpha value is -0.570. The molecule has 0 aromatic rings. The average Bonchev–Trinajstić information content (AvgIpc) is 2.83. The molecule has 3 aliphatic rings. The zero-order valence-electron chi connectivity index (χ0n) is 10.9. The van der Waals surface area contributed by atoms with Crippen LogP contribution >= 0.6 is 0 Å². The van der Waals surface area contributed by atoms with E-state index in [4.69, 9.17) is 0 Å². The van der Waals surface area contributed by atoms with Crippen LogP contribution in [-0.4, -0.2) is 37.0 Å². The first kappa shape index (κ1) is 11.5. The van der Waals surface area contributed by atoms with Crippen LogP contribution < -0.4 is 5.32 Å². The number of carbonyl (C=O) groups excluding carboxylic acids is 1. The summed E-state index contributed by atoms with van der Waals surface area (Å²) in [6, 6.07) is 0.543. The number of hydrogen-bond acceptors (Lipinski definition) is 2. The molecule has 1 unspecified atom stereocenters. The zero-order chi connectivity index (χ0) is 11.9. The minimum absolute atomic E-state index is 0.357. The molecule has 0 aromatic carbocycles. The highest BCUT2D eigenvalue weighted by atomic mass is 16.2. The van der Waals surface area contributed by atoms with Crippen molar-refractivity contribution in [3.63, 3.8) is 0 Å². The van der Waals surface area contributed by atoms with Gasteiger partial charge in [0, 0.05) is 19.0 Å². The summed E-state index contributed by atoms with van der Waals surface area (Å²) < 4.78 is 0. The van der Waals surface area contributed by atoms with Crippen LogP contribution in [0.15, 0.2) is 0 Å². The van der Waals surface area contributed by atoms with E-state index in [1.54, 1.807) is 0 Å². The molecule has 1 N–H and O–H groups in total. The molecule has 1 atom stereocenters. The van der Waals surface area contributed by atoms with E-state index >= 15 is 0 Å². The fourth-order valence-electron chi connectivity index (χ4n) is 3.89. The van der Waals surface area contributed by atoms with Gasteiger partial charge in [0.05, 0.1) is 0 Å². The van der Waals surface area contributed by atoms with Crippen LogP contribution in [0, 0.1) is 11.3 Å². The summed E-state index contributed by atoms with van der Waals surface area (Å²) >= 11 is 0. The third-order valence-electron chi connectivity index (χ3n) is 5.31. The molecule has 1 aliphatic heterocycles. The predicted molar refractivity (Wildman–Crippen MR) is 67.7 cm³/mol. The number of nitrogens with one attached hydrogen (secondary N) is 1. The summed E-state index contributed by atoms with van der Waals surface area (Å²) in [6.45, 7) is 2.22. The second-order valence-corrected chi connectivity index (χ2v) is 6.26. The third kappa shape index (κ3) is 1.99. The quantitative estimate of drug-likeness (QED) is 0.792. The number of amides is 1. The number of hydrogen-bond donors (Lipinski definition) is 1. The lowest BCUT2D eigenvalue weighted by molar-refractivity contribution is -0.134. The van der Waals surface area contributed by atoms with Crippen molar-refractivity contribution >= 4 is 5.91 Å². The lowest BCUT2D eigenvalue weighted by atomic mass is 9.91. The Balaban J connectivity index is 1.60. The predicted octanol–water partition coefficient (Wildman–Crippen LogP) is 1.78. The summed E-state index contributed by atoms with van der Waals surface area (Å²) in [4.78, 5) is 14.5. The normalized spacial score (nSPS) is 31.7. The Labute approximate surface area is 104 Å². The molecule has 96 valence electrons. The molecular formula is C14H24N2O. The van der Waals surface area contributed by atoms with Crippen molar-refractivity contribution in [2.24, 2.45) is 11.3 Å². The van der Waals surface area contributed by atoms with Gasteiger partial charge in [0.15, 0.2) is 0 Å². The van der Waals surface area contributed by atoms with Gasteiger partial charge in [-0.05, 0) is 50.6 Å². The maximum Gasteiger partial charge on any atom is 0.226 e. The Bertz CT molecular complexity index is 303. The van der Waals surface area contributed by atoms with E-state index in [2.05, 4.69) is 10.2 Å². The number of rotatable bonds is 2. The highest BCUT2D eigenvalue weighted by Crippen LogP contribution is 2.59. The van der Waals surface area contributed by atoms with E-state index in [1.807, 2.05) is 7.05 Å². The highest BCUT2D eigenvalue weighted by molar-refractivity contribution is 5.82. The van der Waals surface area contributed by atoms with E-state index in [9.17, 15) is 4.79 Å². The second kappa shape index (κ2) is 4.27. The van der Waals surface area contributed by atoms with Gasteiger partial charge in [-0.25, -0.2) is 0 Å². The monoisotopic (exact) mass is 236 g/mol. The van der Waals surface area contributed by atoms with Crippen LogP contribution in [0.3, 0.4) is 0 Å². The molecule has 17 heavy (non-hydrogen) atoms. The Kier molecular flexibility index (Phi) is 2.89. The van der Waals surface area contributed by atoms with Crippen molar-refractivity contribution < 1.29 is 4.79 Å². The first-order valence-corrected chi connectivity index (χ1v) is 7.20. The molecule has 1 amide bonds. The molecular weight excluding hydrogens is 212 g/mol. The van der Waals surface area contributed by atoms with Gasteiger partial charge in [-0.2, -0.15) is 0 Å². The van der Waals surface area contributed by atoms with Crippen LogP contribution in [0.2, 0.25) is 0 Å². The van der Waals surface area contributed by atoms with Crippen molar-refractivity contribution in [3.05, 3.63) is 0 Å². The molecule has 0 bridgehead atoms. The molecule has 3 fully saturated rings. The van der Waals surface area contributed by atoms with Crippen molar-refractivity contribution in [1.82, 2.24) is 10.2 Å². The topological polar surface area (TPSA) is 32.3 Å². The lowest BCUT2D eigenvalue weighted by Gasteiger charge is -2.28. The van der Waals surface area contributed by atoms with Crippen LogP contribution in [0.4, 0.5) is 0 Å². The zero-order valence-corrected chi connectivity index (χ0v) is 10.9. The van der Waals surface area contributed by atoms with Crippen LogP contribution in [-0.2, 0) is 4.79 Å². The van der Waals surface area contributed by atoms with Crippen molar-refractivity contribution in [2.45, 2.75) is 51.0 Å². The fourth-order valence-corrected chi connectivity index (χ4v) is 3.89. The Morgan fingerprint density at radius 1 is 1.24 bits per heavy atom. The summed E-state index contributed by atoms with van der Waals surface area (Å²) in [5.74, 6) is 0.800. The van der Waals surface area contributed by atoms with E-state index < -0.39 is 0 Å². The molecule has 3 nitrogen and oxygen atoms in total. The van der Waals surface area contributed by atoms with Gasteiger partial charge in [-0.3, -0.25) is 4.79 Å². The summed E-state index contributed by atoms with van der Waals surface area (Å²) in [5.41, 5.74) is 0.398. The third-order valence-corrected chi connectivity index (χ3v) is 5.31. The molecule has 0 aromatic heterocycles. The molecule has 1 saturated heterocycles. The van der Waals surface area contributed by atoms with E-state index in [1.165, 1.54) is 38.5 Å². The molecule has 3 rings (SSSR count). The van der Waals surface area contributed by atoms with Gasteiger partial charge in [0.1, 0.15) is 0 Å². The second-order valence-electron chi connectivity index (χ2n) is 6.26. The summed E-state index contributed by atoms with van der Waals surface area (Å²) in [5, 5.41) is 3.40. The van der Waals surface area contributed by atoms with Gasteiger partial charge in [0.25, 0.3) is 0 Å². The molecule has 2 saturated carbocycles. The lowest BCUT2D eigenvalue weighted by Crippen LogP contribution is -2.39. The van der Waals surface area contributed by atoms with E-state index in [0.717, 1.165) is 19.5 Å². The standard InChI is InChI=1S/C14H24N2O/c1-16(11-4-2-3-5-11)13(17)12-10-14(12)6-8-15-9-7-14/h11-12,15H,2-10H2,1H3. The number of carbonyl (C=O) groups is 1. The van der Waals surface area contributed by atoms with Gasteiger partial charge < -0.3 is 10.2 Å². The maximum absolute atomic E-state index is 12.5. The summed E-state index contributed by atoms with van der Waals surface area (Å²) in [6.07, 6.45) is 8.64. The van der Waals surface area contributed by atoms with Crippen LogP contribution in [0.1, 0.15) is 44.9 Å². The highest BCUT2D eigenvalue weighted by Gasteiger charge is 2.58. The van der Waals surface area contributed by atoms with Crippen LogP contribution in [0.5, 0.6) is 0 Å². The van der Waals surface area contributed by atoms with Gasteiger partial charge in [-0.15, -0.1) is 0 Å². The minimum Gasteiger partial charge on any atom is -0.343 e. The van der Waals surface area contributed by atoms with Crippen molar-refractivity contribution in [3.8, 4) is 0 Å². The Morgan fingerprint density at radius 3 is 2.53 bits per heavy atom. The van der Waals surface area contributed by atoms with Crippen molar-refractivity contribution in [1.29, 1.82) is 0 Å². The van der Waals surface area contributed by atoms with Gasteiger partial charge in [-0.1, -0.05) is 12.8 Å². The van der Waals surface area contributed by atoms with E-state index in [0.29, 0.717) is 23.3 Å². The maximum atomic E-state index is 12.5. The average molecular weight is 236 g/mol. The summed E-state index contributed by atoms with van der Waals surface area (Å²) in [7, 11) is 2.03. The SMILES string of the molecule is CN(C(=O)C1CC12CCNCC2)C1CCCC1. The van der Waals surface area contributed by atoms with Crippen molar-refractivity contribution in [2.75, 3.05) is 20.1 Å². The largest absolute Gasteiger partial charge is 0.343 e. The molecule has 0 radical (unpaired) electrons. The van der Waals surface area contributed by atoms with E-state index in [-0.39, 0.29) is 0 Å². The molecule has 3 heteroatoms. The van der Waals surface area contributed by atoms with Gasteiger partial charge in [0.2, 0.25) is 5.91 Å². The molecule has 1 heterocycles. The number of nitrogens with zero attached hydrogens (tertiary/aromatic N) is 1. The molecule has 1 spiro atoms.